The van der Waals surface area contributed by atoms with Gasteiger partial charge in [-0.2, -0.15) is 0 Å². The van der Waals surface area contributed by atoms with Crippen molar-refractivity contribution in [3.63, 3.8) is 0 Å². The van der Waals surface area contributed by atoms with Crippen molar-refractivity contribution in [2.45, 2.75) is 63.2 Å². The fourth-order valence-corrected chi connectivity index (χ4v) is 2.86. The van der Waals surface area contributed by atoms with E-state index in [2.05, 4.69) is 12.2 Å². The van der Waals surface area contributed by atoms with Crippen LogP contribution in [0.4, 0.5) is 0 Å². The van der Waals surface area contributed by atoms with Crippen LogP contribution in [0.15, 0.2) is 29.2 Å². The third kappa shape index (κ3) is 8.71. The number of rotatable bonds is 11. The normalized spacial score (nSPS) is 11.4. The number of carbonyl (C=O) groups is 1. The van der Waals surface area contributed by atoms with Gasteiger partial charge in [-0.1, -0.05) is 51.2 Å². The highest BCUT2D eigenvalue weighted by Crippen LogP contribution is 2.09. The zero-order chi connectivity index (χ0) is 17.1. The molecule has 1 rings (SSSR count). The van der Waals surface area contributed by atoms with Gasteiger partial charge in [-0.05, 0) is 30.5 Å². The Labute approximate surface area is 139 Å². The Morgan fingerprint density at radius 2 is 1.65 bits per heavy atom. The molecule has 0 atom stereocenters. The van der Waals surface area contributed by atoms with E-state index in [1.165, 1.54) is 37.8 Å². The fourth-order valence-electron chi connectivity index (χ4n) is 2.35. The predicted molar refractivity (Wildman–Crippen MR) is 92.5 cm³/mol. The minimum absolute atomic E-state index is 0.0849. The van der Waals surface area contributed by atoms with Crippen LogP contribution in [0.1, 0.15) is 57.4 Å². The summed E-state index contributed by atoms with van der Waals surface area (Å²) in [4.78, 5) is 11.8. The molecule has 23 heavy (non-hydrogen) atoms. The minimum atomic E-state index is -3.64. The molecular formula is C17H28N2O3S. The number of nitrogens with one attached hydrogen (secondary N) is 1. The molecule has 0 heterocycles. The largest absolute Gasteiger partial charge is 0.356 e. The summed E-state index contributed by atoms with van der Waals surface area (Å²) in [6.07, 6.45) is 8.28. The maximum atomic E-state index is 11.7. The molecule has 5 nitrogen and oxygen atoms in total. The molecule has 0 aliphatic carbocycles. The minimum Gasteiger partial charge on any atom is -0.356 e. The maximum absolute atomic E-state index is 11.7. The highest BCUT2D eigenvalue weighted by molar-refractivity contribution is 7.89. The van der Waals surface area contributed by atoms with Crippen LogP contribution < -0.4 is 10.5 Å². The van der Waals surface area contributed by atoms with Crippen molar-refractivity contribution in [1.82, 2.24) is 5.32 Å². The molecule has 0 radical (unpaired) electrons. The van der Waals surface area contributed by atoms with E-state index in [1.807, 2.05) is 0 Å². The van der Waals surface area contributed by atoms with Crippen LogP contribution in [0.5, 0.6) is 0 Å². The first-order valence-corrected chi connectivity index (χ1v) is 9.86. The average Bonchev–Trinajstić information content (AvgIpc) is 2.50. The van der Waals surface area contributed by atoms with E-state index in [0.717, 1.165) is 18.4 Å². The first kappa shape index (κ1) is 19.6. The zero-order valence-electron chi connectivity index (χ0n) is 13.9. The fraction of sp³-hybridized carbons (Fsp3) is 0.588. The van der Waals surface area contributed by atoms with Crippen molar-refractivity contribution >= 4 is 15.9 Å². The van der Waals surface area contributed by atoms with E-state index in [1.54, 1.807) is 12.1 Å². The lowest BCUT2D eigenvalue weighted by atomic mass is 10.1. The van der Waals surface area contributed by atoms with Crippen LogP contribution in [0.2, 0.25) is 0 Å². The van der Waals surface area contributed by atoms with Gasteiger partial charge in [0.05, 0.1) is 4.90 Å². The molecule has 3 N–H and O–H groups in total. The second-order valence-corrected chi connectivity index (χ2v) is 7.37. The number of sulfonamides is 1. The van der Waals surface area contributed by atoms with Crippen molar-refractivity contribution in [2.24, 2.45) is 5.14 Å². The number of benzene rings is 1. The Balaban J connectivity index is 2.17. The monoisotopic (exact) mass is 340 g/mol. The lowest BCUT2D eigenvalue weighted by Gasteiger charge is -2.06. The van der Waals surface area contributed by atoms with Crippen LogP contribution in [-0.2, 0) is 21.2 Å². The maximum Gasteiger partial charge on any atom is 0.238 e. The molecule has 0 saturated carbocycles. The van der Waals surface area contributed by atoms with Crippen molar-refractivity contribution in [1.29, 1.82) is 0 Å². The van der Waals surface area contributed by atoms with Gasteiger partial charge < -0.3 is 5.32 Å². The van der Waals surface area contributed by atoms with Crippen LogP contribution in [0, 0.1) is 0 Å². The van der Waals surface area contributed by atoms with Gasteiger partial charge in [0.25, 0.3) is 0 Å². The summed E-state index contributed by atoms with van der Waals surface area (Å²) in [5, 5.41) is 7.94. The molecule has 1 aromatic carbocycles. The molecule has 130 valence electrons. The summed E-state index contributed by atoms with van der Waals surface area (Å²) in [6.45, 7) is 2.75. The molecule has 6 heteroatoms. The Morgan fingerprint density at radius 1 is 1.04 bits per heavy atom. The van der Waals surface area contributed by atoms with Gasteiger partial charge in [-0.15, -0.1) is 0 Å². The number of carbonyl (C=O) groups excluding carboxylic acids is 1. The molecule has 0 saturated heterocycles. The lowest BCUT2D eigenvalue weighted by Crippen LogP contribution is -2.25. The second kappa shape index (κ2) is 10.4. The predicted octanol–water partition coefficient (Wildman–Crippen LogP) is 2.74. The van der Waals surface area contributed by atoms with Gasteiger partial charge in [0.2, 0.25) is 15.9 Å². The van der Waals surface area contributed by atoms with E-state index >= 15 is 0 Å². The first-order valence-electron chi connectivity index (χ1n) is 8.32. The average molecular weight is 340 g/mol. The zero-order valence-corrected chi connectivity index (χ0v) is 14.7. The van der Waals surface area contributed by atoms with Gasteiger partial charge in [-0.3, -0.25) is 4.79 Å². The van der Waals surface area contributed by atoms with E-state index in [4.69, 9.17) is 5.14 Å². The van der Waals surface area contributed by atoms with Crippen molar-refractivity contribution < 1.29 is 13.2 Å². The highest BCUT2D eigenvalue weighted by Gasteiger charge is 2.07. The molecule has 0 aliphatic rings. The van der Waals surface area contributed by atoms with Crippen LogP contribution >= 0.6 is 0 Å². The lowest BCUT2D eigenvalue weighted by molar-refractivity contribution is -0.121. The molecule has 1 aromatic rings. The smallest absolute Gasteiger partial charge is 0.238 e. The molecule has 1 amide bonds. The van der Waals surface area contributed by atoms with Crippen molar-refractivity contribution in [3.05, 3.63) is 29.8 Å². The number of hydrogen-bond donors (Lipinski definition) is 2. The van der Waals surface area contributed by atoms with Gasteiger partial charge in [0.15, 0.2) is 0 Å². The quantitative estimate of drug-likeness (QED) is 0.607. The summed E-state index contributed by atoms with van der Waals surface area (Å²) in [5.41, 5.74) is 0.970. The summed E-state index contributed by atoms with van der Waals surface area (Å²) in [6, 6.07) is 6.42. The Hall–Kier alpha value is -1.40. The standard InChI is InChI=1S/C17H28N2O3S/c1-2-3-4-5-6-7-8-17(20)19-14-13-15-9-11-16(12-10-15)23(18,21)22/h9-12H,2-8,13-14H2,1H3,(H,19,20)(H2,18,21,22). The number of unbranched alkanes of at least 4 members (excludes halogenated alkanes) is 5. The molecule has 0 unspecified atom stereocenters. The van der Waals surface area contributed by atoms with Crippen LogP contribution in [0.3, 0.4) is 0 Å². The van der Waals surface area contributed by atoms with Gasteiger partial charge in [0, 0.05) is 13.0 Å². The van der Waals surface area contributed by atoms with Crippen molar-refractivity contribution in [2.75, 3.05) is 6.54 Å². The molecule has 0 fully saturated rings. The number of hydrogen-bond acceptors (Lipinski definition) is 3. The number of primary sulfonamides is 1. The molecule has 0 aromatic heterocycles. The van der Waals surface area contributed by atoms with E-state index in [-0.39, 0.29) is 10.8 Å². The topological polar surface area (TPSA) is 89.3 Å². The summed E-state index contributed by atoms with van der Waals surface area (Å²) >= 11 is 0. The third-order valence-corrected chi connectivity index (χ3v) is 4.67. The van der Waals surface area contributed by atoms with Crippen LogP contribution in [-0.4, -0.2) is 20.9 Å². The molecular weight excluding hydrogens is 312 g/mol. The van der Waals surface area contributed by atoms with Gasteiger partial charge in [0.1, 0.15) is 0 Å². The number of amides is 1. The summed E-state index contributed by atoms with van der Waals surface area (Å²) in [5.74, 6) is 0.0849. The molecule has 0 bridgehead atoms. The van der Waals surface area contributed by atoms with Crippen LogP contribution in [0.25, 0.3) is 0 Å². The SMILES string of the molecule is CCCCCCCCC(=O)NCCc1ccc(S(N)(=O)=O)cc1. The van der Waals surface area contributed by atoms with Gasteiger partial charge >= 0.3 is 0 Å². The summed E-state index contributed by atoms with van der Waals surface area (Å²) in [7, 11) is -3.64. The van der Waals surface area contributed by atoms with Crippen molar-refractivity contribution in [3.8, 4) is 0 Å². The van der Waals surface area contributed by atoms with E-state index in [9.17, 15) is 13.2 Å². The Morgan fingerprint density at radius 3 is 2.26 bits per heavy atom. The Kier molecular flexibility index (Phi) is 8.87. The first-order chi connectivity index (χ1) is 10.9. The Bertz CT molecular complexity index is 568. The molecule has 0 spiro atoms. The van der Waals surface area contributed by atoms with Gasteiger partial charge in [-0.25, -0.2) is 13.6 Å². The second-order valence-electron chi connectivity index (χ2n) is 5.81. The highest BCUT2D eigenvalue weighted by atomic mass is 32.2. The number of nitrogens with two attached hydrogens (primary N) is 1. The van der Waals surface area contributed by atoms with E-state index < -0.39 is 10.0 Å². The van der Waals surface area contributed by atoms with E-state index in [0.29, 0.717) is 19.4 Å². The summed E-state index contributed by atoms with van der Waals surface area (Å²) < 4.78 is 22.3. The third-order valence-electron chi connectivity index (χ3n) is 3.75. The molecule has 0 aliphatic heterocycles.